The van der Waals surface area contributed by atoms with Gasteiger partial charge in [-0.25, -0.2) is 4.79 Å². The molecule has 0 spiro atoms. The van der Waals surface area contributed by atoms with Crippen LogP contribution in [0.25, 0.3) is 0 Å². The number of anilines is 1. The Morgan fingerprint density at radius 1 is 1.30 bits per heavy atom. The van der Waals surface area contributed by atoms with Gasteiger partial charge in [0.2, 0.25) is 0 Å². The number of aromatic amines is 2. The van der Waals surface area contributed by atoms with Crippen LogP contribution in [0, 0.1) is 10.1 Å². The number of hydrogen-bond acceptors (Lipinski definition) is 5. The molecule has 0 amide bonds. The maximum Gasteiger partial charge on any atom is 0.325 e. The van der Waals surface area contributed by atoms with E-state index in [-0.39, 0.29) is 22.3 Å². The lowest BCUT2D eigenvalue weighted by Gasteiger charge is -2.05. The molecule has 9 heteroatoms. The third-order valence-corrected chi connectivity index (χ3v) is 3.47. The summed E-state index contributed by atoms with van der Waals surface area (Å²) in [4.78, 5) is 37.4. The minimum atomic E-state index is -0.641. The highest BCUT2D eigenvalue weighted by Gasteiger charge is 2.14. The van der Waals surface area contributed by atoms with E-state index in [1.54, 1.807) is 6.07 Å². The summed E-state index contributed by atoms with van der Waals surface area (Å²) in [6.07, 6.45) is 0.154. The summed E-state index contributed by atoms with van der Waals surface area (Å²) in [7, 11) is 0. The molecule has 0 atom stereocenters. The summed E-state index contributed by atoms with van der Waals surface area (Å²) >= 11 is 3.06. The Balaban J connectivity index is 2.46. The van der Waals surface area contributed by atoms with Gasteiger partial charge in [-0.05, 0) is 27.6 Å². The van der Waals surface area contributed by atoms with E-state index in [1.165, 1.54) is 12.1 Å². The molecule has 0 saturated heterocycles. The van der Waals surface area contributed by atoms with Crippen molar-refractivity contribution in [2.75, 3.05) is 5.73 Å². The van der Waals surface area contributed by atoms with Crippen LogP contribution in [0.1, 0.15) is 11.3 Å². The van der Waals surface area contributed by atoms with Crippen molar-refractivity contribution in [2.24, 2.45) is 0 Å². The van der Waals surface area contributed by atoms with Crippen molar-refractivity contribution in [3.05, 3.63) is 64.9 Å². The Bertz CT molecular complexity index is 796. The molecule has 4 N–H and O–H groups in total. The van der Waals surface area contributed by atoms with Gasteiger partial charge < -0.3 is 10.7 Å². The van der Waals surface area contributed by atoms with Crippen LogP contribution in [0.5, 0.6) is 0 Å². The molecule has 0 aliphatic rings. The molecule has 1 aromatic carbocycles. The quantitative estimate of drug-likeness (QED) is 0.433. The van der Waals surface area contributed by atoms with E-state index in [9.17, 15) is 19.7 Å². The second-order valence-corrected chi connectivity index (χ2v) is 4.82. The number of halogens is 1. The molecule has 1 heterocycles. The number of nitrogens with two attached hydrogens (primary N) is 1. The smallest absolute Gasteiger partial charge is 0.325 e. The Labute approximate surface area is 119 Å². The number of nitro benzene ring substituents is 1. The Morgan fingerprint density at radius 2 is 2.00 bits per heavy atom. The van der Waals surface area contributed by atoms with E-state index >= 15 is 0 Å². The van der Waals surface area contributed by atoms with Crippen LogP contribution < -0.4 is 17.0 Å². The summed E-state index contributed by atoms with van der Waals surface area (Å²) in [5.41, 5.74) is 5.01. The van der Waals surface area contributed by atoms with E-state index in [0.717, 1.165) is 0 Å². The van der Waals surface area contributed by atoms with Gasteiger partial charge >= 0.3 is 5.69 Å². The van der Waals surface area contributed by atoms with Crippen LogP contribution in [0.2, 0.25) is 0 Å². The fraction of sp³-hybridized carbons (Fsp3) is 0.0909. The first-order valence-corrected chi connectivity index (χ1v) is 6.21. The molecule has 0 aliphatic carbocycles. The second-order valence-electron chi connectivity index (χ2n) is 4.03. The number of hydrogen-bond donors (Lipinski definition) is 3. The molecule has 0 aliphatic heterocycles. The molecular weight excluding hydrogens is 332 g/mol. The third kappa shape index (κ3) is 2.77. The first-order chi connectivity index (χ1) is 9.38. The number of H-pyrrole nitrogens is 2. The lowest BCUT2D eigenvalue weighted by atomic mass is 10.1. The van der Waals surface area contributed by atoms with Gasteiger partial charge in [-0.1, -0.05) is 6.07 Å². The van der Waals surface area contributed by atoms with Gasteiger partial charge in [0.15, 0.2) is 0 Å². The number of nitrogens with zero attached hydrogens (tertiary/aromatic N) is 1. The van der Waals surface area contributed by atoms with Gasteiger partial charge in [-0.3, -0.25) is 19.9 Å². The topological polar surface area (TPSA) is 135 Å². The normalized spacial score (nSPS) is 10.4. The second kappa shape index (κ2) is 5.29. The number of rotatable bonds is 3. The zero-order valence-corrected chi connectivity index (χ0v) is 11.6. The van der Waals surface area contributed by atoms with E-state index < -0.39 is 16.2 Å². The molecule has 8 nitrogen and oxygen atoms in total. The van der Waals surface area contributed by atoms with Gasteiger partial charge in [-0.2, -0.15) is 0 Å². The summed E-state index contributed by atoms with van der Waals surface area (Å²) in [5, 5.41) is 10.8. The molecule has 0 radical (unpaired) electrons. The van der Waals surface area contributed by atoms with Crippen LogP contribution in [0.3, 0.4) is 0 Å². The minimum Gasteiger partial charge on any atom is -0.393 e. The number of nitrogens with one attached hydrogen (secondary N) is 2. The first kappa shape index (κ1) is 14.0. The van der Waals surface area contributed by atoms with Crippen LogP contribution in [-0.4, -0.2) is 14.9 Å². The van der Waals surface area contributed by atoms with E-state index in [4.69, 9.17) is 5.73 Å². The third-order valence-electron chi connectivity index (χ3n) is 2.63. The molecule has 2 aromatic rings. The molecule has 0 bridgehead atoms. The van der Waals surface area contributed by atoms with E-state index in [1.807, 2.05) is 0 Å². The van der Waals surface area contributed by atoms with Gasteiger partial charge in [0.05, 0.1) is 4.92 Å². The minimum absolute atomic E-state index is 0.0530. The van der Waals surface area contributed by atoms with Gasteiger partial charge in [0.25, 0.3) is 11.2 Å². The Kier molecular flexibility index (Phi) is 3.70. The molecule has 1 aromatic heterocycles. The lowest BCUT2D eigenvalue weighted by molar-refractivity contribution is -0.383. The predicted molar refractivity (Wildman–Crippen MR) is 75.7 cm³/mol. The lowest BCUT2D eigenvalue weighted by Crippen LogP contribution is -2.25. The fourth-order valence-corrected chi connectivity index (χ4v) is 2.04. The monoisotopic (exact) mass is 340 g/mol. The number of nitro groups is 1. The SMILES string of the molecule is Nc1ccc(Cc2[nH]c(=O)[nH]c(=O)c2Br)cc1[N+](=O)[O-]. The molecule has 20 heavy (non-hydrogen) atoms. The van der Waals surface area contributed by atoms with Crippen LogP contribution in [0.4, 0.5) is 11.4 Å². The molecule has 0 unspecified atom stereocenters. The van der Waals surface area contributed by atoms with Crippen LogP contribution in [0.15, 0.2) is 32.3 Å². The van der Waals surface area contributed by atoms with Gasteiger partial charge in [0, 0.05) is 18.2 Å². The molecule has 0 saturated carbocycles. The summed E-state index contributed by atoms with van der Waals surface area (Å²) < 4.78 is 0.177. The van der Waals surface area contributed by atoms with Crippen molar-refractivity contribution in [1.29, 1.82) is 0 Å². The number of aromatic nitrogens is 2. The van der Waals surface area contributed by atoms with Gasteiger partial charge in [-0.15, -0.1) is 0 Å². The summed E-state index contributed by atoms with van der Waals surface area (Å²) in [6, 6.07) is 4.31. The number of benzene rings is 1. The average molecular weight is 341 g/mol. The molecular formula is C11H9BrN4O4. The average Bonchev–Trinajstić information content (AvgIpc) is 2.37. The highest BCUT2D eigenvalue weighted by Crippen LogP contribution is 2.24. The highest BCUT2D eigenvalue weighted by atomic mass is 79.9. The fourth-order valence-electron chi connectivity index (χ4n) is 1.70. The molecule has 2 rings (SSSR count). The van der Waals surface area contributed by atoms with Crippen molar-refractivity contribution >= 4 is 27.3 Å². The van der Waals surface area contributed by atoms with Crippen LogP contribution in [-0.2, 0) is 6.42 Å². The Hall–Kier alpha value is -2.42. The zero-order valence-electron chi connectivity index (χ0n) is 9.97. The van der Waals surface area contributed by atoms with Crippen molar-refractivity contribution < 1.29 is 4.92 Å². The van der Waals surface area contributed by atoms with Crippen molar-refractivity contribution in [1.82, 2.24) is 9.97 Å². The summed E-state index contributed by atoms with van der Waals surface area (Å²) in [6.45, 7) is 0. The molecule has 104 valence electrons. The number of nitrogen functional groups attached to an aromatic ring is 1. The zero-order chi connectivity index (χ0) is 14.9. The van der Waals surface area contributed by atoms with Crippen molar-refractivity contribution in [2.45, 2.75) is 6.42 Å². The first-order valence-electron chi connectivity index (χ1n) is 5.42. The van der Waals surface area contributed by atoms with Crippen LogP contribution >= 0.6 is 15.9 Å². The standard InChI is InChI=1S/C11H9BrN4O4/c12-9-7(14-11(18)15-10(9)17)3-5-1-2-6(13)8(4-5)16(19)20/h1-2,4H,3,13H2,(H2,14,15,17,18). The predicted octanol–water partition coefficient (Wildman–Crippen LogP) is 0.907. The maximum absolute atomic E-state index is 11.4. The van der Waals surface area contributed by atoms with Crippen molar-refractivity contribution in [3.63, 3.8) is 0 Å². The largest absolute Gasteiger partial charge is 0.393 e. The Morgan fingerprint density at radius 3 is 2.65 bits per heavy atom. The van der Waals surface area contributed by atoms with Crippen molar-refractivity contribution in [3.8, 4) is 0 Å². The van der Waals surface area contributed by atoms with Gasteiger partial charge in [0.1, 0.15) is 10.2 Å². The maximum atomic E-state index is 11.4. The van der Waals surface area contributed by atoms with E-state index in [2.05, 4.69) is 25.9 Å². The molecule has 0 fully saturated rings. The highest BCUT2D eigenvalue weighted by molar-refractivity contribution is 9.10. The summed E-state index contributed by atoms with van der Waals surface area (Å²) in [5.74, 6) is 0. The van der Waals surface area contributed by atoms with E-state index in [0.29, 0.717) is 11.3 Å².